The molecule has 12 rings (SSSR count). The third kappa shape index (κ3) is 22.3. The van der Waals surface area contributed by atoms with Crippen molar-refractivity contribution in [2.45, 2.75) is 155 Å². The van der Waals surface area contributed by atoms with E-state index in [0.29, 0.717) is 40.7 Å². The summed E-state index contributed by atoms with van der Waals surface area (Å²) in [6.45, 7) is 31.8. The van der Waals surface area contributed by atoms with Crippen LogP contribution in [0, 0.1) is 13.8 Å². The van der Waals surface area contributed by atoms with Crippen molar-refractivity contribution in [3.63, 3.8) is 0 Å². The minimum Gasteiger partial charge on any atom is -0.364 e. The van der Waals surface area contributed by atoms with Gasteiger partial charge in [-0.15, -0.1) is 32.9 Å². The van der Waals surface area contributed by atoms with Crippen molar-refractivity contribution in [1.82, 2.24) is 80.7 Å². The standard InChI is InChI=1S/C19H26N8O2.C19H25N7O2.C19H24N6O2S.C18H23N7O2S/c1-4-16(28)24-14-7-6-8-27(12(14)3)15-10-21-17(18(20)29)19(25-15)23-13-9-22-26(5-2)11-13;1-4-16(27)23-14-6-5-8-26(12(14)2)15-10-21-17(18(20)28)19(24-15)22-13-7-9-25(3)11-13;1-4-15(26)22-13-6-5-7-25(12(13)3)14-9-21-17(18(20)27)19(23-14)24-16-8-11(2)10-28-16;1-4-13(26)20-12-6-5-7-25(11(12)3)18-22-17(15(16(19)27)23-24-18)21-14-8-10(2)9-28-14/h4,9-12,14H,1,5-8H2,2-3H3,(H2,20,29)(H,23,25)(H,24,28);4,7,9-12,14H,1,5-6,8H2,2-3H3,(H2,20,28)(H,22,24)(H,23,27);4,8-10,12-13H,1,5-7H2,2-3H3,(H2,20,27)(H,22,26)(H,23,24);4,8-9,11-12H,1,5-7H2,2-3H3,(H2,19,27)(H,20,26)(H,21,22,24)/t2*12-,14-;12-,13-;11-,12-/m1111/s1. The Labute approximate surface area is 662 Å². The highest BCUT2D eigenvalue weighted by Crippen LogP contribution is 2.33. The molecule has 4 aliphatic rings. The fraction of sp³-hybridized carbons (Fsp3) is 0.387. The van der Waals surface area contributed by atoms with Gasteiger partial charge in [-0.05, 0) is 164 Å². The summed E-state index contributed by atoms with van der Waals surface area (Å²) in [5, 5.41) is 42.3. The number of anilines is 12. The number of piperidine rings is 4. The lowest BCUT2D eigenvalue weighted by Crippen LogP contribution is -2.54. The van der Waals surface area contributed by atoms with Gasteiger partial charge >= 0.3 is 0 Å². The summed E-state index contributed by atoms with van der Waals surface area (Å²) in [5.74, 6) is -0.0530. The van der Waals surface area contributed by atoms with Gasteiger partial charge in [-0.1, -0.05) is 26.3 Å². The van der Waals surface area contributed by atoms with Crippen LogP contribution in [0.4, 0.5) is 68.1 Å². The molecule has 8 aromatic rings. The van der Waals surface area contributed by atoms with Gasteiger partial charge in [-0.3, -0.25) is 43.0 Å². The summed E-state index contributed by atoms with van der Waals surface area (Å²) in [6, 6.07) is 5.61. The van der Waals surface area contributed by atoms with Gasteiger partial charge in [0, 0.05) is 107 Å². The zero-order valence-corrected chi connectivity index (χ0v) is 66.1. The molecule has 4 saturated heterocycles. The molecular weight excluding hydrogens is 1490 g/mol. The van der Waals surface area contributed by atoms with Crippen molar-refractivity contribution in [3.8, 4) is 0 Å². The highest BCUT2D eigenvalue weighted by atomic mass is 32.1. The molecule has 36 nitrogen and oxygen atoms in total. The number of thiophene rings is 2. The molecule has 0 aliphatic carbocycles. The normalized spacial score (nSPS) is 19.1. The first-order valence-electron chi connectivity index (χ1n) is 36.7. The van der Waals surface area contributed by atoms with E-state index in [-0.39, 0.29) is 106 Å². The van der Waals surface area contributed by atoms with E-state index in [9.17, 15) is 38.4 Å². The Morgan fingerprint density at radius 3 is 1.16 bits per heavy atom. The number of aryl methyl sites for hydroxylation is 4. The SMILES string of the molecule is C=CC(=O)N[C@@H]1CCCN(c2cnc(C(N)=O)c(Nc3cc(C)cs3)n2)[C@@H]1C.C=CC(=O)N[C@@H]1CCCN(c2cnc(C(N)=O)c(Nc3ccn(C)c3)n2)[C@@H]1C.C=CC(=O)N[C@@H]1CCCN(c2cnc(C(N)=O)c(Nc3cnn(CC)c3)n2)[C@@H]1C.C=CC(=O)N[C@@H]1CCCN(c2nnc(C(N)=O)c(Nc3cc(C)cs3)n2)[C@@H]1C. The molecule has 598 valence electrons. The van der Waals surface area contributed by atoms with Crippen molar-refractivity contribution in [2.24, 2.45) is 30.0 Å². The number of amides is 8. The first-order chi connectivity index (χ1) is 54.1. The largest absolute Gasteiger partial charge is 0.364 e. The smallest absolute Gasteiger partial charge is 0.273 e. The summed E-state index contributed by atoms with van der Waals surface area (Å²) in [5.41, 5.74) is 25.7. The Kier molecular flexibility index (Phi) is 29.3. The molecule has 16 N–H and O–H groups in total. The predicted molar refractivity (Wildman–Crippen MR) is 437 cm³/mol. The highest BCUT2D eigenvalue weighted by molar-refractivity contribution is 7.14. The monoisotopic (exact) mass is 1580 g/mol. The molecule has 4 fully saturated rings. The fourth-order valence-electron chi connectivity index (χ4n) is 13.3. The third-order valence-corrected chi connectivity index (χ3v) is 21.2. The van der Waals surface area contributed by atoms with Gasteiger partial charge in [0.1, 0.15) is 17.5 Å². The number of primary amides is 4. The van der Waals surface area contributed by atoms with Crippen molar-refractivity contribution in [1.29, 1.82) is 0 Å². The zero-order chi connectivity index (χ0) is 81.7. The number of nitrogens with zero attached hydrogens (tertiary/aromatic N) is 16. The topological polar surface area (TPSA) is 489 Å². The molecule has 8 aromatic heterocycles. The Morgan fingerprint density at radius 2 is 0.832 bits per heavy atom. The summed E-state index contributed by atoms with van der Waals surface area (Å²) < 4.78 is 3.63. The van der Waals surface area contributed by atoms with Crippen LogP contribution in [0.5, 0.6) is 0 Å². The van der Waals surface area contributed by atoms with E-state index in [0.717, 1.165) is 111 Å². The Hall–Kier alpha value is -12.7. The second-order valence-corrected chi connectivity index (χ2v) is 29.1. The summed E-state index contributed by atoms with van der Waals surface area (Å²) >= 11 is 3.01. The first kappa shape index (κ1) is 84.3. The van der Waals surface area contributed by atoms with Crippen LogP contribution in [-0.2, 0) is 32.8 Å². The molecule has 113 heavy (non-hydrogen) atoms. The maximum Gasteiger partial charge on any atom is 0.273 e. The lowest BCUT2D eigenvalue weighted by atomic mass is 9.97. The number of carbonyl (C=O) groups is 8. The lowest BCUT2D eigenvalue weighted by Gasteiger charge is -2.40. The number of hydrogen-bond donors (Lipinski definition) is 12. The first-order valence-corrected chi connectivity index (χ1v) is 38.5. The van der Waals surface area contributed by atoms with Crippen LogP contribution in [0.1, 0.15) is 139 Å². The molecule has 8 amide bonds. The number of carbonyl (C=O) groups excluding carboxylic acids is 8. The second-order valence-electron chi connectivity index (χ2n) is 27.3. The Balaban J connectivity index is 0.000000173. The van der Waals surface area contributed by atoms with Gasteiger partial charge in [0.2, 0.25) is 29.6 Å². The van der Waals surface area contributed by atoms with Crippen LogP contribution >= 0.6 is 22.7 Å². The number of rotatable bonds is 25. The van der Waals surface area contributed by atoms with Gasteiger partial charge in [-0.25, -0.2) is 29.9 Å². The number of nitrogens with one attached hydrogen (secondary N) is 8. The minimum absolute atomic E-state index is 0.00271. The van der Waals surface area contributed by atoms with Gasteiger partial charge < -0.3 is 89.6 Å². The van der Waals surface area contributed by atoms with E-state index in [1.54, 1.807) is 23.3 Å². The van der Waals surface area contributed by atoms with E-state index >= 15 is 0 Å². The highest BCUT2D eigenvalue weighted by Gasteiger charge is 2.36. The molecule has 38 heteroatoms. The summed E-state index contributed by atoms with van der Waals surface area (Å²) in [7, 11) is 1.90. The molecule has 8 atom stereocenters. The molecule has 0 unspecified atom stereocenters. The third-order valence-electron chi connectivity index (χ3n) is 19.3. The molecule has 4 aliphatic heterocycles. The molecule has 0 bridgehead atoms. The summed E-state index contributed by atoms with van der Waals surface area (Å²) in [6.07, 6.45) is 23.9. The maximum atomic E-state index is 11.8. The quantitative estimate of drug-likeness (QED) is 0.0268. The van der Waals surface area contributed by atoms with Crippen LogP contribution in [0.3, 0.4) is 0 Å². The lowest BCUT2D eigenvalue weighted by molar-refractivity contribution is -0.118. The number of hydrogen-bond acceptors (Lipinski definition) is 28. The van der Waals surface area contributed by atoms with Gasteiger partial charge in [-0.2, -0.15) is 10.1 Å². The maximum absolute atomic E-state index is 11.8. The molecular formula is C75H98N28O8S2. The van der Waals surface area contributed by atoms with Gasteiger partial charge in [0.05, 0.1) is 46.2 Å². The summed E-state index contributed by atoms with van der Waals surface area (Å²) in [4.78, 5) is 133. The predicted octanol–water partition coefficient (Wildman–Crippen LogP) is 6.60. The molecule has 0 aromatic carbocycles. The van der Waals surface area contributed by atoms with E-state index in [1.807, 2.05) is 113 Å². The van der Waals surface area contributed by atoms with E-state index in [4.69, 9.17) is 22.9 Å². The van der Waals surface area contributed by atoms with Crippen LogP contribution in [0.25, 0.3) is 0 Å². The molecule has 0 spiro atoms. The van der Waals surface area contributed by atoms with Crippen LogP contribution < -0.4 is 85.1 Å². The van der Waals surface area contributed by atoms with Gasteiger partial charge in [0.15, 0.2) is 46.0 Å². The minimum atomic E-state index is -0.704. The zero-order valence-electron chi connectivity index (χ0n) is 64.4. The van der Waals surface area contributed by atoms with Crippen molar-refractivity contribution in [2.75, 3.05) is 67.0 Å². The molecule has 0 radical (unpaired) electrons. The number of aromatic nitrogens is 12. The van der Waals surface area contributed by atoms with Crippen molar-refractivity contribution >= 4 is 138 Å². The van der Waals surface area contributed by atoms with Gasteiger partial charge in [0.25, 0.3) is 23.6 Å². The average molecular weight is 1580 g/mol. The second kappa shape index (κ2) is 39.2. The van der Waals surface area contributed by atoms with E-state index < -0.39 is 23.6 Å². The van der Waals surface area contributed by atoms with Crippen molar-refractivity contribution in [3.05, 3.63) is 157 Å². The fourth-order valence-corrected chi connectivity index (χ4v) is 14.9. The van der Waals surface area contributed by atoms with Crippen LogP contribution in [0.2, 0.25) is 0 Å². The molecule has 12 heterocycles. The Bertz CT molecular complexity index is 4420. The van der Waals surface area contributed by atoms with Crippen molar-refractivity contribution < 1.29 is 38.4 Å². The number of nitrogens with two attached hydrogens (primary N) is 4. The van der Waals surface area contributed by atoms with Crippen LogP contribution in [-0.4, -0.2) is 181 Å². The van der Waals surface area contributed by atoms with E-state index in [2.05, 4.69) is 134 Å². The molecule has 0 saturated carbocycles. The average Bonchev–Trinajstić information content (AvgIpc) is 1.01. The Morgan fingerprint density at radius 1 is 0.478 bits per heavy atom. The van der Waals surface area contributed by atoms with Crippen LogP contribution in [0.15, 0.2) is 123 Å². The van der Waals surface area contributed by atoms with E-state index in [1.165, 1.54) is 53.2 Å².